The Bertz CT molecular complexity index is 682. The van der Waals surface area contributed by atoms with E-state index < -0.39 is 0 Å². The quantitative estimate of drug-likeness (QED) is 0.843. The molecule has 4 nitrogen and oxygen atoms in total. The van der Waals surface area contributed by atoms with E-state index in [1.165, 1.54) is 0 Å². The van der Waals surface area contributed by atoms with Crippen LogP contribution in [0.5, 0.6) is 0 Å². The van der Waals surface area contributed by atoms with Crippen LogP contribution < -0.4 is 11.1 Å². The van der Waals surface area contributed by atoms with Gasteiger partial charge in [-0.25, -0.2) is 0 Å². The van der Waals surface area contributed by atoms with Crippen molar-refractivity contribution in [2.75, 3.05) is 0 Å². The summed E-state index contributed by atoms with van der Waals surface area (Å²) in [4.78, 5) is 16.9. The number of amides is 1. The third-order valence-corrected chi connectivity index (χ3v) is 3.81. The molecule has 5 heteroatoms. The molecule has 1 aromatic heterocycles. The van der Waals surface area contributed by atoms with Crippen LogP contribution in [0.15, 0.2) is 36.5 Å². The molecular weight excluding hydrogens is 270 g/mol. The molecule has 1 atom stereocenters. The monoisotopic (exact) mass is 285 g/mol. The van der Waals surface area contributed by atoms with Gasteiger partial charge in [0.25, 0.3) is 5.91 Å². The van der Waals surface area contributed by atoms with E-state index in [0.29, 0.717) is 16.5 Å². The van der Waals surface area contributed by atoms with Crippen molar-refractivity contribution in [1.82, 2.24) is 10.3 Å². The molecule has 102 valence electrons. The summed E-state index contributed by atoms with van der Waals surface area (Å²) in [7, 11) is 0. The number of fused-ring (bicyclic) bond motifs is 1. The first-order valence-electron chi connectivity index (χ1n) is 6.60. The van der Waals surface area contributed by atoms with Crippen molar-refractivity contribution in [2.24, 2.45) is 11.7 Å². The Morgan fingerprint density at radius 2 is 2.20 bits per heavy atom. The van der Waals surface area contributed by atoms with Crippen LogP contribution in [0.2, 0.25) is 0 Å². The van der Waals surface area contributed by atoms with E-state index >= 15 is 0 Å². The Morgan fingerprint density at radius 3 is 2.90 bits per heavy atom. The number of benzene rings is 1. The molecule has 1 heterocycles. The Hall–Kier alpha value is -2.01. The van der Waals surface area contributed by atoms with E-state index in [4.69, 9.17) is 18.0 Å². The molecule has 20 heavy (non-hydrogen) atoms. The minimum Gasteiger partial charge on any atom is -0.392 e. The molecule has 1 fully saturated rings. The number of nitrogens with zero attached hydrogens (tertiary/aromatic N) is 1. The smallest absolute Gasteiger partial charge is 0.251 e. The number of nitrogens with two attached hydrogens (primary N) is 1. The van der Waals surface area contributed by atoms with Crippen molar-refractivity contribution in [2.45, 2.75) is 18.9 Å². The molecule has 0 aliphatic heterocycles. The van der Waals surface area contributed by atoms with Crippen molar-refractivity contribution < 1.29 is 4.79 Å². The predicted octanol–water partition coefficient (Wildman–Crippen LogP) is 2.03. The second-order valence-corrected chi connectivity index (χ2v) is 5.57. The number of carbonyl (C=O) groups is 1. The predicted molar refractivity (Wildman–Crippen MR) is 82.5 cm³/mol. The van der Waals surface area contributed by atoms with Gasteiger partial charge < -0.3 is 11.1 Å². The van der Waals surface area contributed by atoms with E-state index in [2.05, 4.69) is 10.3 Å². The number of aromatic nitrogens is 1. The van der Waals surface area contributed by atoms with Gasteiger partial charge in [0.15, 0.2) is 0 Å². The van der Waals surface area contributed by atoms with Crippen LogP contribution in [0.25, 0.3) is 10.9 Å². The highest BCUT2D eigenvalue weighted by Gasteiger charge is 2.34. The molecule has 0 bridgehead atoms. The van der Waals surface area contributed by atoms with Gasteiger partial charge in [0, 0.05) is 17.1 Å². The summed E-state index contributed by atoms with van der Waals surface area (Å²) < 4.78 is 0. The molecule has 3 rings (SSSR count). The minimum atomic E-state index is -0.193. The van der Waals surface area contributed by atoms with Gasteiger partial charge in [0.05, 0.1) is 16.5 Å². The third kappa shape index (κ3) is 2.63. The Morgan fingerprint density at radius 1 is 1.40 bits per heavy atom. The summed E-state index contributed by atoms with van der Waals surface area (Å²) in [6.07, 6.45) is 3.88. The number of rotatable bonds is 4. The number of pyridine rings is 1. The molecule has 2 aromatic rings. The van der Waals surface area contributed by atoms with Crippen LogP contribution in [0.4, 0.5) is 0 Å². The molecule has 1 aliphatic carbocycles. The Labute approximate surface area is 122 Å². The van der Waals surface area contributed by atoms with Gasteiger partial charge in [-0.15, -0.1) is 0 Å². The molecule has 0 saturated heterocycles. The highest BCUT2D eigenvalue weighted by Crippen LogP contribution is 2.33. The van der Waals surface area contributed by atoms with Gasteiger partial charge in [-0.2, -0.15) is 0 Å². The van der Waals surface area contributed by atoms with Crippen LogP contribution >= 0.6 is 12.2 Å². The second-order valence-electron chi connectivity index (χ2n) is 5.10. The Balaban J connectivity index is 1.82. The zero-order valence-corrected chi connectivity index (χ0v) is 11.7. The normalized spacial score (nSPS) is 15.8. The summed E-state index contributed by atoms with van der Waals surface area (Å²) in [5.41, 5.74) is 7.18. The lowest BCUT2D eigenvalue weighted by molar-refractivity contribution is 0.0944. The van der Waals surface area contributed by atoms with E-state index in [-0.39, 0.29) is 11.9 Å². The number of nitrogens with one attached hydrogen (secondary N) is 1. The maximum Gasteiger partial charge on any atom is 0.251 e. The topological polar surface area (TPSA) is 68.0 Å². The molecule has 0 spiro atoms. The molecular formula is C15H15N3OS. The first kappa shape index (κ1) is 13.0. The summed E-state index contributed by atoms with van der Waals surface area (Å²) >= 11 is 5.03. The van der Waals surface area contributed by atoms with Crippen molar-refractivity contribution in [3.63, 3.8) is 0 Å². The molecule has 1 aliphatic rings. The molecule has 1 aromatic carbocycles. The molecule has 1 unspecified atom stereocenters. The molecule has 1 saturated carbocycles. The lowest BCUT2D eigenvalue weighted by Gasteiger charge is -2.16. The number of thiocarbonyl (C=S) groups is 1. The van der Waals surface area contributed by atoms with Crippen molar-refractivity contribution in [1.29, 1.82) is 0 Å². The first-order chi connectivity index (χ1) is 9.65. The maximum atomic E-state index is 12.3. The van der Waals surface area contributed by atoms with Gasteiger partial charge in [-0.05, 0) is 43.0 Å². The third-order valence-electron chi connectivity index (χ3n) is 3.55. The standard InChI is InChI=1S/C15H15N3OS/c16-14(20)13(9-3-4-9)18-15(19)11-5-6-12-10(8-11)2-1-7-17-12/h1-2,5-9,13H,3-4H2,(H2,16,20)(H,18,19). The average Bonchev–Trinajstić information content (AvgIpc) is 3.28. The fourth-order valence-corrected chi connectivity index (χ4v) is 2.54. The van der Waals surface area contributed by atoms with E-state index in [9.17, 15) is 4.79 Å². The van der Waals surface area contributed by atoms with Crippen LogP contribution in [0, 0.1) is 5.92 Å². The van der Waals surface area contributed by atoms with Gasteiger partial charge in [-0.1, -0.05) is 18.3 Å². The molecule has 0 radical (unpaired) electrons. The first-order valence-corrected chi connectivity index (χ1v) is 7.01. The fourth-order valence-electron chi connectivity index (χ4n) is 2.29. The SMILES string of the molecule is NC(=S)C(NC(=O)c1ccc2ncccc2c1)C1CC1. The highest BCUT2D eigenvalue weighted by atomic mass is 32.1. The Kier molecular flexibility index (Phi) is 3.36. The number of carbonyl (C=O) groups excluding carboxylic acids is 1. The van der Waals surface area contributed by atoms with Crippen LogP contribution in [0.3, 0.4) is 0 Å². The van der Waals surface area contributed by atoms with Crippen molar-refractivity contribution >= 4 is 34.0 Å². The van der Waals surface area contributed by atoms with Gasteiger partial charge in [0.2, 0.25) is 0 Å². The largest absolute Gasteiger partial charge is 0.392 e. The van der Waals surface area contributed by atoms with E-state index in [1.54, 1.807) is 12.3 Å². The number of hydrogen-bond acceptors (Lipinski definition) is 3. The van der Waals surface area contributed by atoms with Crippen LogP contribution in [-0.4, -0.2) is 21.9 Å². The van der Waals surface area contributed by atoms with E-state index in [0.717, 1.165) is 23.7 Å². The summed E-state index contributed by atoms with van der Waals surface area (Å²) in [5, 5.41) is 3.88. The lowest BCUT2D eigenvalue weighted by Crippen LogP contribution is -2.45. The van der Waals surface area contributed by atoms with Crippen LogP contribution in [-0.2, 0) is 0 Å². The molecule has 1 amide bonds. The zero-order valence-electron chi connectivity index (χ0n) is 10.9. The zero-order chi connectivity index (χ0) is 14.1. The van der Waals surface area contributed by atoms with Gasteiger partial charge >= 0.3 is 0 Å². The minimum absolute atomic E-state index is 0.138. The number of hydrogen-bond donors (Lipinski definition) is 2. The van der Waals surface area contributed by atoms with E-state index in [1.807, 2.05) is 24.3 Å². The van der Waals surface area contributed by atoms with Crippen LogP contribution in [0.1, 0.15) is 23.2 Å². The average molecular weight is 285 g/mol. The maximum absolute atomic E-state index is 12.3. The molecule has 3 N–H and O–H groups in total. The summed E-state index contributed by atoms with van der Waals surface area (Å²) in [6.45, 7) is 0. The van der Waals surface area contributed by atoms with Gasteiger partial charge in [0.1, 0.15) is 0 Å². The summed E-state index contributed by atoms with van der Waals surface area (Å²) in [5.74, 6) is 0.263. The lowest BCUT2D eigenvalue weighted by atomic mass is 10.1. The van der Waals surface area contributed by atoms with Crippen molar-refractivity contribution in [3.8, 4) is 0 Å². The van der Waals surface area contributed by atoms with Gasteiger partial charge in [-0.3, -0.25) is 9.78 Å². The highest BCUT2D eigenvalue weighted by molar-refractivity contribution is 7.80. The fraction of sp³-hybridized carbons (Fsp3) is 0.267. The summed E-state index contributed by atoms with van der Waals surface area (Å²) in [6, 6.07) is 9.05. The van der Waals surface area contributed by atoms with Crippen molar-refractivity contribution in [3.05, 3.63) is 42.1 Å². The second kappa shape index (κ2) is 5.17.